The van der Waals surface area contributed by atoms with Crippen molar-refractivity contribution in [3.8, 4) is 28.7 Å². The van der Waals surface area contributed by atoms with Crippen LogP contribution in [0.1, 0.15) is 42.7 Å². The molecule has 224 valence electrons. The van der Waals surface area contributed by atoms with Crippen LogP contribution in [0, 0.1) is 0 Å². The van der Waals surface area contributed by atoms with Gasteiger partial charge in [0.2, 0.25) is 0 Å². The topological polar surface area (TPSA) is 104 Å². The lowest BCUT2D eigenvalue weighted by Crippen LogP contribution is -2.37. The Balaban J connectivity index is 1.60. The summed E-state index contributed by atoms with van der Waals surface area (Å²) < 4.78 is 27.6. The highest BCUT2D eigenvalue weighted by molar-refractivity contribution is 6.10. The molecule has 0 fully saturated rings. The minimum Gasteiger partial charge on any atom is -0.497 e. The molecule has 2 atom stereocenters. The van der Waals surface area contributed by atoms with E-state index in [0.717, 1.165) is 11.3 Å². The molecule has 1 aliphatic carbocycles. The van der Waals surface area contributed by atoms with Crippen molar-refractivity contribution in [1.29, 1.82) is 0 Å². The van der Waals surface area contributed by atoms with Crippen molar-refractivity contribution in [2.45, 2.75) is 31.6 Å². The summed E-state index contributed by atoms with van der Waals surface area (Å²) in [6.07, 6.45) is 0.843. The molecule has 5 rings (SSSR count). The number of benzene rings is 3. The predicted molar refractivity (Wildman–Crippen MR) is 163 cm³/mol. The molecule has 9 nitrogen and oxygen atoms in total. The van der Waals surface area contributed by atoms with Gasteiger partial charge in [-0.25, -0.2) is 0 Å². The van der Waals surface area contributed by atoms with E-state index >= 15 is 0 Å². The Morgan fingerprint density at radius 2 is 1.51 bits per heavy atom. The first-order valence-electron chi connectivity index (χ1n) is 14.0. The van der Waals surface area contributed by atoms with Gasteiger partial charge in [0.1, 0.15) is 17.2 Å². The first kappa shape index (κ1) is 29.6. The van der Waals surface area contributed by atoms with Crippen LogP contribution in [0.2, 0.25) is 0 Å². The van der Waals surface area contributed by atoms with Crippen molar-refractivity contribution in [2.24, 2.45) is 0 Å². The van der Waals surface area contributed by atoms with Crippen molar-refractivity contribution in [3.05, 3.63) is 94.3 Å². The van der Waals surface area contributed by atoms with E-state index in [1.54, 1.807) is 53.7 Å². The number of hydrogen-bond acceptors (Lipinski definition) is 8. The number of dihydropyridines is 1. The van der Waals surface area contributed by atoms with Gasteiger partial charge < -0.3 is 34.3 Å². The van der Waals surface area contributed by atoms with Crippen LogP contribution in [0.25, 0.3) is 0 Å². The first-order valence-corrected chi connectivity index (χ1v) is 14.0. The van der Waals surface area contributed by atoms with Crippen LogP contribution < -0.4 is 34.3 Å². The van der Waals surface area contributed by atoms with E-state index in [0.29, 0.717) is 63.3 Å². The maximum atomic E-state index is 14.1. The number of ether oxygens (including phenoxy) is 5. The standard InChI is InChI=1S/C34H36N2O7/c1-19-31(34(38)36-24-9-7-8-10-27(24)40-3)32(23-13-12-22(39-2)18-29(23)42-5)33-25(35-19)15-21(16-26(33)37)20-11-14-28(41-4)30(17-20)43-6/h7-14,17-18,21,32,35H,15-16H2,1-6H3,(H,36,38)/t21-,32-/m0/s1. The highest BCUT2D eigenvalue weighted by Crippen LogP contribution is 2.49. The Morgan fingerprint density at radius 1 is 0.791 bits per heavy atom. The number of hydrogen-bond donors (Lipinski definition) is 2. The number of rotatable bonds is 9. The van der Waals surface area contributed by atoms with Gasteiger partial charge in [-0.3, -0.25) is 9.59 Å². The lowest BCUT2D eigenvalue weighted by Gasteiger charge is -2.37. The van der Waals surface area contributed by atoms with Crippen LogP contribution >= 0.6 is 0 Å². The van der Waals surface area contributed by atoms with E-state index in [1.807, 2.05) is 49.4 Å². The lowest BCUT2D eigenvalue weighted by molar-refractivity contribution is -0.116. The fraction of sp³-hybridized carbons (Fsp3) is 0.294. The van der Waals surface area contributed by atoms with Crippen molar-refractivity contribution < 1.29 is 33.3 Å². The summed E-state index contributed by atoms with van der Waals surface area (Å²) in [5.41, 5.74) is 4.60. The van der Waals surface area contributed by atoms with E-state index in [2.05, 4.69) is 10.6 Å². The predicted octanol–water partition coefficient (Wildman–Crippen LogP) is 5.73. The van der Waals surface area contributed by atoms with Crippen molar-refractivity contribution in [3.63, 3.8) is 0 Å². The molecule has 9 heteroatoms. The van der Waals surface area contributed by atoms with Crippen LogP contribution in [0.15, 0.2) is 83.2 Å². The van der Waals surface area contributed by atoms with E-state index < -0.39 is 5.92 Å². The zero-order valence-corrected chi connectivity index (χ0v) is 25.2. The number of carbonyl (C=O) groups is 2. The summed E-state index contributed by atoms with van der Waals surface area (Å²) in [6, 6.07) is 18.4. The Bertz CT molecular complexity index is 1620. The number of carbonyl (C=O) groups excluding carboxylic acids is 2. The second-order valence-electron chi connectivity index (χ2n) is 10.4. The molecule has 0 bridgehead atoms. The molecule has 1 heterocycles. The molecule has 1 aliphatic heterocycles. The number of para-hydroxylation sites is 2. The van der Waals surface area contributed by atoms with E-state index in [4.69, 9.17) is 23.7 Å². The van der Waals surface area contributed by atoms with Gasteiger partial charge in [-0.05, 0) is 55.2 Å². The second-order valence-corrected chi connectivity index (χ2v) is 10.4. The SMILES string of the molecule is COc1ccc([C@H]2C(C(=O)Nc3ccccc3OC)=C(C)NC3=C2C(=O)C[C@@H](c2ccc(OC)c(OC)c2)C3)c(OC)c1. The smallest absolute Gasteiger partial charge is 0.254 e. The zero-order valence-electron chi connectivity index (χ0n) is 25.2. The molecule has 0 saturated heterocycles. The summed E-state index contributed by atoms with van der Waals surface area (Å²) in [5, 5.41) is 6.43. The summed E-state index contributed by atoms with van der Waals surface area (Å²) in [4.78, 5) is 28.2. The van der Waals surface area contributed by atoms with Gasteiger partial charge in [0.15, 0.2) is 17.3 Å². The molecule has 0 saturated carbocycles. The molecular weight excluding hydrogens is 548 g/mol. The fourth-order valence-electron chi connectivity index (χ4n) is 5.99. The summed E-state index contributed by atoms with van der Waals surface area (Å²) in [7, 11) is 7.88. The van der Waals surface area contributed by atoms with Crippen LogP contribution in [0.3, 0.4) is 0 Å². The number of nitrogens with one attached hydrogen (secondary N) is 2. The third-order valence-electron chi connectivity index (χ3n) is 8.06. The van der Waals surface area contributed by atoms with Gasteiger partial charge in [-0.2, -0.15) is 0 Å². The quantitative estimate of drug-likeness (QED) is 0.329. The average molecular weight is 585 g/mol. The lowest BCUT2D eigenvalue weighted by atomic mass is 9.71. The highest BCUT2D eigenvalue weighted by Gasteiger charge is 2.42. The Kier molecular flexibility index (Phi) is 8.61. The molecule has 3 aromatic carbocycles. The maximum absolute atomic E-state index is 14.1. The summed E-state index contributed by atoms with van der Waals surface area (Å²) in [5.74, 6) is 1.72. The van der Waals surface area contributed by atoms with Crippen molar-refractivity contribution in [1.82, 2.24) is 5.32 Å². The molecule has 0 radical (unpaired) electrons. The third-order valence-corrected chi connectivity index (χ3v) is 8.06. The molecular formula is C34H36N2O7. The largest absolute Gasteiger partial charge is 0.497 e. The van der Waals surface area contributed by atoms with Gasteiger partial charge in [0.05, 0.1) is 47.2 Å². The summed E-state index contributed by atoms with van der Waals surface area (Å²) in [6.45, 7) is 1.86. The normalized spacial score (nSPS) is 18.0. The summed E-state index contributed by atoms with van der Waals surface area (Å²) >= 11 is 0. The molecule has 2 aliphatic rings. The average Bonchev–Trinajstić information content (AvgIpc) is 3.03. The molecule has 1 amide bonds. The van der Waals surface area contributed by atoms with Gasteiger partial charge in [-0.15, -0.1) is 0 Å². The molecule has 3 aromatic rings. The van der Waals surface area contributed by atoms with Crippen molar-refractivity contribution in [2.75, 3.05) is 40.9 Å². The second kappa shape index (κ2) is 12.5. The van der Waals surface area contributed by atoms with Crippen LogP contribution in [0.5, 0.6) is 28.7 Å². The van der Waals surface area contributed by atoms with Crippen LogP contribution in [-0.4, -0.2) is 47.2 Å². The highest BCUT2D eigenvalue weighted by atomic mass is 16.5. The van der Waals surface area contributed by atoms with Gasteiger partial charge >= 0.3 is 0 Å². The number of anilines is 1. The number of amides is 1. The number of ketones is 1. The third kappa shape index (κ3) is 5.62. The molecule has 0 aromatic heterocycles. The molecule has 0 spiro atoms. The van der Waals surface area contributed by atoms with Crippen molar-refractivity contribution >= 4 is 17.4 Å². The van der Waals surface area contributed by atoms with Crippen LogP contribution in [0.4, 0.5) is 5.69 Å². The Hall–Kier alpha value is -4.92. The fourth-order valence-corrected chi connectivity index (χ4v) is 5.99. The maximum Gasteiger partial charge on any atom is 0.254 e. The minimum atomic E-state index is -0.675. The minimum absolute atomic E-state index is 0.0495. The van der Waals surface area contributed by atoms with Gasteiger partial charge in [-0.1, -0.05) is 24.3 Å². The van der Waals surface area contributed by atoms with E-state index in [-0.39, 0.29) is 24.0 Å². The van der Waals surface area contributed by atoms with Gasteiger partial charge in [0, 0.05) is 40.6 Å². The Morgan fingerprint density at radius 3 is 2.21 bits per heavy atom. The first-order chi connectivity index (χ1) is 20.8. The molecule has 0 unspecified atom stereocenters. The van der Waals surface area contributed by atoms with E-state index in [9.17, 15) is 9.59 Å². The molecule has 43 heavy (non-hydrogen) atoms. The van der Waals surface area contributed by atoms with E-state index in [1.165, 1.54) is 0 Å². The monoisotopic (exact) mass is 584 g/mol. The number of Topliss-reactive ketones (excluding diaryl/α,β-unsaturated/α-hetero) is 1. The number of allylic oxidation sites excluding steroid dienone is 3. The molecule has 2 N–H and O–H groups in total. The van der Waals surface area contributed by atoms with Crippen LogP contribution in [-0.2, 0) is 9.59 Å². The zero-order chi connectivity index (χ0) is 30.7. The number of methoxy groups -OCH3 is 5. The Labute approximate surface area is 251 Å². The van der Waals surface area contributed by atoms with Gasteiger partial charge in [0.25, 0.3) is 5.91 Å².